The minimum absolute atomic E-state index is 0.436. The monoisotopic (exact) mass is 211 g/mol. The maximum atomic E-state index is 5.34. The van der Waals surface area contributed by atoms with Crippen LogP contribution in [0.15, 0.2) is 4.52 Å². The van der Waals surface area contributed by atoms with Gasteiger partial charge in [-0.05, 0) is 19.3 Å². The summed E-state index contributed by atoms with van der Waals surface area (Å²) < 4.78 is 10.2. The van der Waals surface area contributed by atoms with Crippen LogP contribution in [0, 0.1) is 12.8 Å². The van der Waals surface area contributed by atoms with Crippen molar-refractivity contribution < 1.29 is 9.26 Å². The van der Waals surface area contributed by atoms with Crippen LogP contribution in [0.2, 0.25) is 0 Å². The first-order chi connectivity index (χ1) is 7.25. The highest BCUT2D eigenvalue weighted by Gasteiger charge is 2.22. The number of hydrogen-bond donors (Lipinski definition) is 1. The Balaban J connectivity index is 1.77. The van der Waals surface area contributed by atoms with Crippen LogP contribution in [-0.4, -0.2) is 29.4 Å². The van der Waals surface area contributed by atoms with Crippen LogP contribution in [0.5, 0.6) is 0 Å². The fraction of sp³-hybridized carbons (Fsp3) is 0.800. The summed E-state index contributed by atoms with van der Waals surface area (Å²) in [6, 6.07) is 0.436. The van der Waals surface area contributed by atoms with E-state index in [1.807, 2.05) is 0 Å². The van der Waals surface area contributed by atoms with Gasteiger partial charge < -0.3 is 14.6 Å². The first-order valence-electron chi connectivity index (χ1n) is 5.36. The van der Waals surface area contributed by atoms with E-state index in [2.05, 4.69) is 22.4 Å². The molecule has 0 saturated carbocycles. The van der Waals surface area contributed by atoms with Gasteiger partial charge in [-0.2, -0.15) is 4.98 Å². The lowest BCUT2D eigenvalue weighted by Crippen LogP contribution is -2.33. The number of aryl methyl sites for hydroxylation is 1. The van der Waals surface area contributed by atoms with Gasteiger partial charge in [0.05, 0.1) is 13.2 Å². The van der Waals surface area contributed by atoms with Gasteiger partial charge in [0.2, 0.25) is 5.89 Å². The Morgan fingerprint density at radius 2 is 2.47 bits per heavy atom. The van der Waals surface area contributed by atoms with Crippen molar-refractivity contribution in [2.75, 3.05) is 13.2 Å². The fourth-order valence-corrected chi connectivity index (χ4v) is 1.78. The minimum Gasteiger partial charge on any atom is -0.381 e. The van der Waals surface area contributed by atoms with Crippen molar-refractivity contribution in [2.24, 2.45) is 5.92 Å². The van der Waals surface area contributed by atoms with Gasteiger partial charge in [0, 0.05) is 19.6 Å². The zero-order valence-electron chi connectivity index (χ0n) is 9.19. The van der Waals surface area contributed by atoms with E-state index in [4.69, 9.17) is 9.26 Å². The summed E-state index contributed by atoms with van der Waals surface area (Å²) in [5.74, 6) is 1.94. The molecule has 0 aliphatic carbocycles. The summed E-state index contributed by atoms with van der Waals surface area (Å²) in [6.45, 7) is 6.38. The summed E-state index contributed by atoms with van der Waals surface area (Å²) in [7, 11) is 0. The van der Waals surface area contributed by atoms with Gasteiger partial charge in [-0.1, -0.05) is 5.16 Å². The highest BCUT2D eigenvalue weighted by Crippen LogP contribution is 2.16. The summed E-state index contributed by atoms with van der Waals surface area (Å²) >= 11 is 0. The molecule has 0 aromatic carbocycles. The number of nitrogens with one attached hydrogen (secondary N) is 1. The molecule has 84 valence electrons. The Bertz CT molecular complexity index is 307. The molecular formula is C10H17N3O2. The third kappa shape index (κ3) is 2.76. The first-order valence-corrected chi connectivity index (χ1v) is 5.36. The Labute approximate surface area is 89.2 Å². The largest absolute Gasteiger partial charge is 0.381 e. The zero-order valence-corrected chi connectivity index (χ0v) is 9.19. The van der Waals surface area contributed by atoms with Gasteiger partial charge in [0.1, 0.15) is 0 Å². The Kier molecular flexibility index (Phi) is 3.33. The van der Waals surface area contributed by atoms with Crippen molar-refractivity contribution in [3.05, 3.63) is 11.7 Å². The average molecular weight is 211 g/mol. The molecule has 1 fully saturated rings. The predicted molar refractivity (Wildman–Crippen MR) is 54.3 cm³/mol. The Morgan fingerprint density at radius 1 is 1.60 bits per heavy atom. The molecule has 0 spiro atoms. The van der Waals surface area contributed by atoms with Gasteiger partial charge in [0.25, 0.3) is 0 Å². The molecule has 2 atom stereocenters. The topological polar surface area (TPSA) is 60.2 Å². The number of ether oxygens (including phenoxy) is 1. The van der Waals surface area contributed by atoms with Crippen molar-refractivity contribution in [1.82, 2.24) is 15.5 Å². The highest BCUT2D eigenvalue weighted by atomic mass is 16.5. The maximum Gasteiger partial charge on any atom is 0.223 e. The third-order valence-corrected chi connectivity index (χ3v) is 2.82. The lowest BCUT2D eigenvalue weighted by atomic mass is 10.0. The molecule has 1 aliphatic heterocycles. The van der Waals surface area contributed by atoms with Crippen LogP contribution in [0.1, 0.15) is 25.1 Å². The van der Waals surface area contributed by atoms with E-state index in [1.165, 1.54) is 0 Å². The van der Waals surface area contributed by atoms with Gasteiger partial charge in [-0.3, -0.25) is 0 Å². The van der Waals surface area contributed by atoms with E-state index in [-0.39, 0.29) is 0 Å². The molecule has 1 saturated heterocycles. The summed E-state index contributed by atoms with van der Waals surface area (Å²) in [4.78, 5) is 4.14. The Hall–Kier alpha value is -0.940. The van der Waals surface area contributed by atoms with Gasteiger partial charge in [-0.25, -0.2) is 0 Å². The smallest absolute Gasteiger partial charge is 0.223 e. The van der Waals surface area contributed by atoms with Crippen molar-refractivity contribution in [3.8, 4) is 0 Å². The molecular weight excluding hydrogens is 194 g/mol. The molecule has 0 unspecified atom stereocenters. The number of rotatable bonds is 4. The van der Waals surface area contributed by atoms with Gasteiger partial charge in [0.15, 0.2) is 5.82 Å². The van der Waals surface area contributed by atoms with Crippen LogP contribution >= 0.6 is 0 Å². The van der Waals surface area contributed by atoms with E-state index in [9.17, 15) is 0 Å². The molecule has 2 rings (SSSR count). The van der Waals surface area contributed by atoms with Crippen LogP contribution in [0.4, 0.5) is 0 Å². The second-order valence-corrected chi connectivity index (χ2v) is 4.02. The van der Waals surface area contributed by atoms with E-state index in [0.29, 0.717) is 24.4 Å². The third-order valence-electron chi connectivity index (χ3n) is 2.82. The lowest BCUT2D eigenvalue weighted by Gasteiger charge is -2.17. The van der Waals surface area contributed by atoms with E-state index in [0.717, 1.165) is 25.5 Å². The molecule has 2 heterocycles. The van der Waals surface area contributed by atoms with Crippen LogP contribution in [0.25, 0.3) is 0 Å². The summed E-state index contributed by atoms with van der Waals surface area (Å²) in [5.41, 5.74) is 0. The number of hydrogen-bond acceptors (Lipinski definition) is 5. The van der Waals surface area contributed by atoms with Gasteiger partial charge in [-0.15, -0.1) is 0 Å². The summed E-state index contributed by atoms with van der Waals surface area (Å²) in [5, 5.41) is 7.22. The fourth-order valence-electron chi connectivity index (χ4n) is 1.78. The first kappa shape index (κ1) is 10.6. The maximum absolute atomic E-state index is 5.34. The minimum atomic E-state index is 0.436. The molecule has 0 amide bonds. The molecule has 5 nitrogen and oxygen atoms in total. The SMILES string of the molecule is Cc1nc(CN[C@H](C)[C@@H]2CCOC2)no1. The molecule has 0 bridgehead atoms. The van der Waals surface area contributed by atoms with Crippen LogP contribution in [-0.2, 0) is 11.3 Å². The second-order valence-electron chi connectivity index (χ2n) is 4.02. The second kappa shape index (κ2) is 4.72. The van der Waals surface area contributed by atoms with Crippen LogP contribution in [0.3, 0.4) is 0 Å². The van der Waals surface area contributed by atoms with Gasteiger partial charge >= 0.3 is 0 Å². The van der Waals surface area contributed by atoms with Crippen LogP contribution < -0.4 is 5.32 Å². The normalized spacial score (nSPS) is 23.2. The summed E-state index contributed by atoms with van der Waals surface area (Å²) in [6.07, 6.45) is 1.14. The molecule has 5 heteroatoms. The number of nitrogens with zero attached hydrogens (tertiary/aromatic N) is 2. The standard InChI is InChI=1S/C10H17N3O2/c1-7(9-3-4-14-6-9)11-5-10-12-8(2)15-13-10/h7,9,11H,3-6H2,1-2H3/t7-,9-/m1/s1. The van der Waals surface area contributed by atoms with Crippen molar-refractivity contribution in [1.29, 1.82) is 0 Å². The quantitative estimate of drug-likeness (QED) is 0.801. The molecule has 1 N–H and O–H groups in total. The van der Waals surface area contributed by atoms with Crippen molar-refractivity contribution in [3.63, 3.8) is 0 Å². The molecule has 15 heavy (non-hydrogen) atoms. The Morgan fingerprint density at radius 3 is 3.07 bits per heavy atom. The number of aromatic nitrogens is 2. The molecule has 1 aliphatic rings. The highest BCUT2D eigenvalue weighted by molar-refractivity contribution is 4.85. The lowest BCUT2D eigenvalue weighted by molar-refractivity contribution is 0.178. The predicted octanol–water partition coefficient (Wildman–Crippen LogP) is 0.893. The molecule has 1 aromatic rings. The van der Waals surface area contributed by atoms with Crippen molar-refractivity contribution >= 4 is 0 Å². The molecule has 1 aromatic heterocycles. The van der Waals surface area contributed by atoms with Crippen molar-refractivity contribution in [2.45, 2.75) is 32.9 Å². The van der Waals surface area contributed by atoms with E-state index >= 15 is 0 Å². The average Bonchev–Trinajstić information content (AvgIpc) is 2.84. The van der Waals surface area contributed by atoms with E-state index in [1.54, 1.807) is 6.92 Å². The van der Waals surface area contributed by atoms with E-state index < -0.39 is 0 Å². The molecule has 0 radical (unpaired) electrons. The zero-order chi connectivity index (χ0) is 10.7.